The summed E-state index contributed by atoms with van der Waals surface area (Å²) in [5.74, 6) is -1.90. The largest absolute Gasteiger partial charge is 0.324 e. The Balaban J connectivity index is 1.89. The third-order valence-corrected chi connectivity index (χ3v) is 6.38. The van der Waals surface area contributed by atoms with E-state index in [1.165, 1.54) is 4.90 Å². The lowest BCUT2D eigenvalue weighted by atomic mass is 9.76. The average Bonchev–Trinajstić information content (AvgIpc) is 3.12. The van der Waals surface area contributed by atoms with Gasteiger partial charge in [-0.05, 0) is 38.5 Å². The van der Waals surface area contributed by atoms with Crippen molar-refractivity contribution in [1.82, 2.24) is 10.2 Å². The summed E-state index contributed by atoms with van der Waals surface area (Å²) in [4.78, 5) is 40.5. The third-order valence-electron chi connectivity index (χ3n) is 5.89. The topological polar surface area (TPSA) is 78.5 Å². The Hall–Kier alpha value is -1.73. The van der Waals surface area contributed by atoms with Crippen LogP contribution in [-0.2, 0) is 19.9 Å². The van der Waals surface area contributed by atoms with E-state index in [9.17, 15) is 14.4 Å². The van der Waals surface area contributed by atoms with Crippen LogP contribution in [0.2, 0.25) is 0 Å². The number of likely N-dealkylation sites (tertiary alicyclic amines) is 1. The number of rotatable bonds is 2. The Morgan fingerprint density at radius 3 is 2.68 bits per heavy atom. The predicted molar refractivity (Wildman–Crippen MR) is 95.6 cm³/mol. The molecule has 0 aliphatic carbocycles. The molecule has 2 fully saturated rings. The third kappa shape index (κ3) is 1.96. The highest BCUT2D eigenvalue weighted by molar-refractivity contribution is 9.10. The Labute approximate surface area is 154 Å². The van der Waals surface area contributed by atoms with E-state index in [1.807, 2.05) is 39.0 Å². The van der Waals surface area contributed by atoms with E-state index in [-0.39, 0.29) is 29.8 Å². The first-order valence-electron chi connectivity index (χ1n) is 8.59. The standard InChI is InChI=1S/C18H20BrN3O3/c1-4-8(2)22-15(23)13-9(3)21-18(14(13)16(22)24)11-7-10(19)5-6-12(11)20-17(18)25/h5-9,13-14,21H,4H2,1-3H3,(H,20,25)/t8-,9+,13+,14-,18-/m0/s1. The summed E-state index contributed by atoms with van der Waals surface area (Å²) in [6, 6.07) is 5.10. The molecule has 3 aliphatic rings. The monoisotopic (exact) mass is 405 g/mol. The zero-order valence-electron chi connectivity index (χ0n) is 14.3. The predicted octanol–water partition coefficient (Wildman–Crippen LogP) is 1.99. The number of hydrogen-bond acceptors (Lipinski definition) is 4. The highest BCUT2D eigenvalue weighted by atomic mass is 79.9. The molecule has 0 aromatic heterocycles. The second-order valence-corrected chi connectivity index (χ2v) is 8.11. The summed E-state index contributed by atoms with van der Waals surface area (Å²) in [5, 5.41) is 6.18. The first-order valence-corrected chi connectivity index (χ1v) is 9.38. The summed E-state index contributed by atoms with van der Waals surface area (Å²) >= 11 is 3.45. The van der Waals surface area contributed by atoms with Gasteiger partial charge in [-0.25, -0.2) is 0 Å². The number of carbonyl (C=O) groups is 3. The van der Waals surface area contributed by atoms with Gasteiger partial charge in [0.2, 0.25) is 17.7 Å². The van der Waals surface area contributed by atoms with Gasteiger partial charge in [0.05, 0.1) is 11.8 Å². The number of benzene rings is 1. The maximum atomic E-state index is 13.2. The van der Waals surface area contributed by atoms with Gasteiger partial charge in [0.1, 0.15) is 5.54 Å². The van der Waals surface area contributed by atoms with E-state index in [1.54, 1.807) is 0 Å². The molecule has 132 valence electrons. The van der Waals surface area contributed by atoms with E-state index < -0.39 is 17.4 Å². The van der Waals surface area contributed by atoms with Crippen molar-refractivity contribution in [3.8, 4) is 0 Å². The zero-order valence-corrected chi connectivity index (χ0v) is 15.9. The maximum absolute atomic E-state index is 13.2. The number of nitrogens with zero attached hydrogens (tertiary/aromatic N) is 1. The number of anilines is 1. The summed E-state index contributed by atoms with van der Waals surface area (Å²) < 4.78 is 0.829. The fourth-order valence-electron chi connectivity index (χ4n) is 4.58. The van der Waals surface area contributed by atoms with Crippen LogP contribution in [-0.4, -0.2) is 34.7 Å². The summed E-state index contributed by atoms with van der Waals surface area (Å²) in [5.41, 5.74) is 0.243. The molecule has 3 heterocycles. The lowest BCUT2D eigenvalue weighted by Crippen LogP contribution is -2.53. The molecule has 0 unspecified atom stereocenters. The molecule has 0 saturated carbocycles. The molecule has 7 heteroatoms. The molecule has 0 bridgehead atoms. The van der Waals surface area contributed by atoms with Crippen LogP contribution in [0.3, 0.4) is 0 Å². The summed E-state index contributed by atoms with van der Waals surface area (Å²) in [6.07, 6.45) is 0.695. The minimum atomic E-state index is -1.18. The molecule has 1 aromatic carbocycles. The number of carbonyl (C=O) groups excluding carboxylic acids is 3. The van der Waals surface area contributed by atoms with Gasteiger partial charge in [-0.3, -0.25) is 24.6 Å². The molecule has 2 N–H and O–H groups in total. The van der Waals surface area contributed by atoms with Crippen LogP contribution >= 0.6 is 15.9 Å². The van der Waals surface area contributed by atoms with Crippen LogP contribution in [0.25, 0.3) is 0 Å². The smallest absolute Gasteiger partial charge is 0.250 e. The molecule has 5 atom stereocenters. The molecular weight excluding hydrogens is 386 g/mol. The molecule has 1 aromatic rings. The molecule has 2 saturated heterocycles. The normalized spacial score (nSPS) is 34.5. The molecule has 3 aliphatic heterocycles. The molecule has 25 heavy (non-hydrogen) atoms. The quantitative estimate of drug-likeness (QED) is 0.737. The highest BCUT2D eigenvalue weighted by Crippen LogP contribution is 2.53. The van der Waals surface area contributed by atoms with Crippen molar-refractivity contribution in [2.24, 2.45) is 11.8 Å². The van der Waals surface area contributed by atoms with Crippen molar-refractivity contribution >= 4 is 39.3 Å². The van der Waals surface area contributed by atoms with E-state index in [4.69, 9.17) is 0 Å². The van der Waals surface area contributed by atoms with Crippen LogP contribution < -0.4 is 10.6 Å². The van der Waals surface area contributed by atoms with Gasteiger partial charge in [0, 0.05) is 27.8 Å². The van der Waals surface area contributed by atoms with Crippen molar-refractivity contribution in [1.29, 1.82) is 0 Å². The van der Waals surface area contributed by atoms with Gasteiger partial charge < -0.3 is 5.32 Å². The lowest BCUT2D eigenvalue weighted by Gasteiger charge is -2.30. The van der Waals surface area contributed by atoms with E-state index in [0.717, 1.165) is 10.0 Å². The average molecular weight is 406 g/mol. The second-order valence-electron chi connectivity index (χ2n) is 7.19. The van der Waals surface area contributed by atoms with Gasteiger partial charge in [-0.2, -0.15) is 0 Å². The van der Waals surface area contributed by atoms with Crippen LogP contribution in [0.15, 0.2) is 22.7 Å². The van der Waals surface area contributed by atoms with Crippen LogP contribution in [0, 0.1) is 11.8 Å². The molecule has 1 spiro atoms. The van der Waals surface area contributed by atoms with E-state index >= 15 is 0 Å². The zero-order chi connectivity index (χ0) is 18.1. The number of amides is 3. The van der Waals surface area contributed by atoms with Gasteiger partial charge in [-0.15, -0.1) is 0 Å². The number of halogens is 1. The van der Waals surface area contributed by atoms with Crippen molar-refractivity contribution < 1.29 is 14.4 Å². The van der Waals surface area contributed by atoms with Gasteiger partial charge in [0.25, 0.3) is 0 Å². The van der Waals surface area contributed by atoms with Crippen LogP contribution in [0.1, 0.15) is 32.8 Å². The van der Waals surface area contributed by atoms with E-state index in [0.29, 0.717) is 12.1 Å². The maximum Gasteiger partial charge on any atom is 0.250 e. The fraction of sp³-hybridized carbons (Fsp3) is 0.500. The minimum Gasteiger partial charge on any atom is -0.324 e. The number of nitrogens with one attached hydrogen (secondary N) is 2. The molecule has 0 radical (unpaired) electrons. The van der Waals surface area contributed by atoms with Gasteiger partial charge in [0.15, 0.2) is 0 Å². The first-order chi connectivity index (χ1) is 11.8. The second kappa shape index (κ2) is 5.38. The van der Waals surface area contributed by atoms with Crippen LogP contribution in [0.4, 0.5) is 5.69 Å². The van der Waals surface area contributed by atoms with Crippen molar-refractivity contribution in [3.63, 3.8) is 0 Å². The molecule has 6 nitrogen and oxygen atoms in total. The highest BCUT2D eigenvalue weighted by Gasteiger charge is 2.69. The Morgan fingerprint density at radius 2 is 2.00 bits per heavy atom. The summed E-state index contributed by atoms with van der Waals surface area (Å²) in [7, 11) is 0. The molecule has 4 rings (SSSR count). The van der Waals surface area contributed by atoms with Gasteiger partial charge >= 0.3 is 0 Å². The van der Waals surface area contributed by atoms with Gasteiger partial charge in [-0.1, -0.05) is 22.9 Å². The summed E-state index contributed by atoms with van der Waals surface area (Å²) in [6.45, 7) is 5.70. The van der Waals surface area contributed by atoms with Crippen LogP contribution in [0.5, 0.6) is 0 Å². The first kappa shape index (κ1) is 16.7. The lowest BCUT2D eigenvalue weighted by molar-refractivity contribution is -0.145. The Morgan fingerprint density at radius 1 is 1.28 bits per heavy atom. The van der Waals surface area contributed by atoms with E-state index in [2.05, 4.69) is 26.6 Å². The molecular formula is C18H20BrN3O3. The SMILES string of the molecule is CC[C@H](C)N1C(=O)[C@H]2[C@@H](C1=O)[C@]1(N[C@@H]2C)C(=O)Nc2ccc(Br)cc21. The Kier molecular flexibility index (Phi) is 3.60. The molecule has 3 amide bonds. The van der Waals surface area contributed by atoms with Crippen molar-refractivity contribution in [2.45, 2.75) is 44.8 Å². The van der Waals surface area contributed by atoms with Crippen molar-refractivity contribution in [3.05, 3.63) is 28.2 Å². The number of hydrogen-bond donors (Lipinski definition) is 2. The van der Waals surface area contributed by atoms with Crippen molar-refractivity contribution in [2.75, 3.05) is 5.32 Å². The minimum absolute atomic E-state index is 0.165. The number of imide groups is 1. The Bertz CT molecular complexity index is 811. The number of fused-ring (bicyclic) bond motifs is 4. The fourth-order valence-corrected chi connectivity index (χ4v) is 4.94.